The van der Waals surface area contributed by atoms with Crippen LogP contribution in [0.5, 0.6) is 0 Å². The number of hydrogen-bond acceptors (Lipinski definition) is 4. The molecule has 2 N–H and O–H groups in total. The van der Waals surface area contributed by atoms with Crippen LogP contribution in [0.15, 0.2) is 36.5 Å². The summed E-state index contributed by atoms with van der Waals surface area (Å²) in [7, 11) is 0. The van der Waals surface area contributed by atoms with Gasteiger partial charge < -0.3 is 10.1 Å². The number of aromatic nitrogens is 1. The van der Waals surface area contributed by atoms with Crippen molar-refractivity contribution in [1.29, 1.82) is 0 Å². The zero-order valence-corrected chi connectivity index (χ0v) is 14.0. The van der Waals surface area contributed by atoms with Crippen LogP contribution in [-0.4, -0.2) is 17.7 Å². The number of pyridine rings is 1. The first kappa shape index (κ1) is 16.8. The molecule has 0 aliphatic rings. The van der Waals surface area contributed by atoms with Gasteiger partial charge in [0.25, 0.3) is 0 Å². The second-order valence-electron chi connectivity index (χ2n) is 5.60. The number of rotatable bonds is 5. The molecule has 0 unspecified atom stereocenters. The molecule has 0 aliphatic heterocycles. The number of carbonyl (C=O) groups excluding carboxylic acids is 1. The average Bonchev–Trinajstić information content (AvgIpc) is 2.51. The minimum atomic E-state index is -0.476. The van der Waals surface area contributed by atoms with Crippen molar-refractivity contribution in [2.45, 2.75) is 33.6 Å². The van der Waals surface area contributed by atoms with Crippen molar-refractivity contribution in [2.75, 3.05) is 17.2 Å². The lowest BCUT2D eigenvalue weighted by Crippen LogP contribution is -2.13. The second-order valence-corrected chi connectivity index (χ2v) is 5.60. The van der Waals surface area contributed by atoms with Crippen molar-refractivity contribution in [3.8, 4) is 0 Å². The van der Waals surface area contributed by atoms with Crippen molar-refractivity contribution in [2.24, 2.45) is 0 Å². The van der Waals surface area contributed by atoms with Crippen molar-refractivity contribution in [3.63, 3.8) is 0 Å². The molecule has 0 saturated heterocycles. The summed E-state index contributed by atoms with van der Waals surface area (Å²) in [5, 5.41) is 6.00. The van der Waals surface area contributed by atoms with Crippen LogP contribution >= 0.6 is 0 Å². The van der Waals surface area contributed by atoms with Crippen LogP contribution < -0.4 is 10.6 Å². The van der Waals surface area contributed by atoms with E-state index in [1.165, 1.54) is 11.1 Å². The van der Waals surface area contributed by atoms with Gasteiger partial charge >= 0.3 is 6.09 Å². The Labute approximate surface area is 137 Å². The number of anilines is 3. The van der Waals surface area contributed by atoms with Gasteiger partial charge in [-0.3, -0.25) is 5.32 Å². The molecule has 122 valence electrons. The van der Waals surface area contributed by atoms with E-state index in [1.807, 2.05) is 6.07 Å². The smallest absolute Gasteiger partial charge is 0.411 e. The largest absolute Gasteiger partial charge is 0.450 e. The second kappa shape index (κ2) is 7.63. The van der Waals surface area contributed by atoms with E-state index in [0.717, 1.165) is 11.5 Å². The number of aryl methyl sites for hydroxylation is 1. The van der Waals surface area contributed by atoms with E-state index in [0.29, 0.717) is 18.2 Å². The molecule has 2 aromatic rings. The number of nitrogens with one attached hydrogen (secondary N) is 2. The first-order valence-electron chi connectivity index (χ1n) is 7.77. The van der Waals surface area contributed by atoms with E-state index in [9.17, 15) is 4.79 Å². The maximum Gasteiger partial charge on any atom is 0.411 e. The van der Waals surface area contributed by atoms with E-state index in [2.05, 4.69) is 54.6 Å². The number of amides is 1. The molecule has 1 amide bonds. The van der Waals surface area contributed by atoms with Gasteiger partial charge in [0.1, 0.15) is 5.82 Å². The average molecular weight is 313 g/mol. The van der Waals surface area contributed by atoms with Crippen LogP contribution in [-0.2, 0) is 4.74 Å². The fourth-order valence-electron chi connectivity index (χ4n) is 2.30. The monoisotopic (exact) mass is 313 g/mol. The molecule has 0 bridgehead atoms. The topological polar surface area (TPSA) is 63.2 Å². The zero-order chi connectivity index (χ0) is 16.8. The summed E-state index contributed by atoms with van der Waals surface area (Å²) in [5.41, 5.74) is 4.11. The fraction of sp³-hybridized carbons (Fsp3) is 0.333. The maximum atomic E-state index is 11.4. The van der Waals surface area contributed by atoms with Crippen LogP contribution in [0.2, 0.25) is 0 Å². The summed E-state index contributed by atoms with van der Waals surface area (Å²) >= 11 is 0. The minimum absolute atomic E-state index is 0.337. The van der Waals surface area contributed by atoms with Gasteiger partial charge in [-0.15, -0.1) is 0 Å². The molecular formula is C18H23N3O2. The highest BCUT2D eigenvalue weighted by atomic mass is 16.5. The Balaban J connectivity index is 2.14. The third-order valence-electron chi connectivity index (χ3n) is 3.47. The molecule has 0 fully saturated rings. The van der Waals surface area contributed by atoms with Gasteiger partial charge in [0.15, 0.2) is 0 Å². The number of ether oxygens (including phenoxy) is 1. The molecule has 0 saturated carbocycles. The van der Waals surface area contributed by atoms with Crippen LogP contribution in [0, 0.1) is 6.92 Å². The summed E-state index contributed by atoms with van der Waals surface area (Å²) in [6, 6.07) is 9.88. The SMILES string of the molecule is CCOC(=O)Nc1ccc(Nc2c(C)cccc2C(C)C)nc1. The number of nitrogens with zero attached hydrogens (tertiary/aromatic N) is 1. The number of benzene rings is 1. The molecule has 1 heterocycles. The first-order valence-corrected chi connectivity index (χ1v) is 7.77. The lowest BCUT2D eigenvalue weighted by molar-refractivity contribution is 0.168. The van der Waals surface area contributed by atoms with Gasteiger partial charge in [-0.1, -0.05) is 32.0 Å². The molecule has 0 aliphatic carbocycles. The highest BCUT2D eigenvalue weighted by Crippen LogP contribution is 2.29. The summed E-state index contributed by atoms with van der Waals surface area (Å²) in [6.07, 6.45) is 1.13. The van der Waals surface area contributed by atoms with E-state index in [4.69, 9.17) is 4.74 Å². The van der Waals surface area contributed by atoms with Crippen LogP contribution in [0.4, 0.5) is 22.0 Å². The van der Waals surface area contributed by atoms with Gasteiger partial charge in [-0.05, 0) is 43.0 Å². The van der Waals surface area contributed by atoms with E-state index >= 15 is 0 Å². The summed E-state index contributed by atoms with van der Waals surface area (Å²) < 4.78 is 4.84. The molecule has 0 spiro atoms. The molecule has 5 nitrogen and oxygen atoms in total. The van der Waals surface area contributed by atoms with Gasteiger partial charge in [0.2, 0.25) is 0 Å². The van der Waals surface area contributed by atoms with Crippen molar-refractivity contribution in [1.82, 2.24) is 4.98 Å². The highest BCUT2D eigenvalue weighted by molar-refractivity contribution is 5.84. The Kier molecular flexibility index (Phi) is 5.57. The molecule has 0 atom stereocenters. The molecule has 5 heteroatoms. The zero-order valence-electron chi connectivity index (χ0n) is 14.0. The minimum Gasteiger partial charge on any atom is -0.450 e. The Morgan fingerprint density at radius 2 is 2.04 bits per heavy atom. The van der Waals surface area contributed by atoms with Crippen molar-refractivity contribution < 1.29 is 9.53 Å². The van der Waals surface area contributed by atoms with Crippen molar-refractivity contribution in [3.05, 3.63) is 47.7 Å². The van der Waals surface area contributed by atoms with Crippen LogP contribution in [0.25, 0.3) is 0 Å². The van der Waals surface area contributed by atoms with E-state index < -0.39 is 6.09 Å². The van der Waals surface area contributed by atoms with Gasteiger partial charge in [0, 0.05) is 5.69 Å². The van der Waals surface area contributed by atoms with Crippen LogP contribution in [0.3, 0.4) is 0 Å². The molecule has 1 aromatic heterocycles. The van der Waals surface area contributed by atoms with Crippen molar-refractivity contribution >= 4 is 23.3 Å². The predicted molar refractivity (Wildman–Crippen MR) is 93.4 cm³/mol. The number of para-hydroxylation sites is 1. The molecule has 0 radical (unpaired) electrons. The van der Waals surface area contributed by atoms with Crippen LogP contribution in [0.1, 0.15) is 37.8 Å². The number of carbonyl (C=O) groups is 1. The summed E-state index contributed by atoms with van der Waals surface area (Å²) in [4.78, 5) is 15.7. The summed E-state index contributed by atoms with van der Waals surface area (Å²) in [6.45, 7) is 8.51. The molecular weight excluding hydrogens is 290 g/mol. The quantitative estimate of drug-likeness (QED) is 0.830. The van der Waals surface area contributed by atoms with Gasteiger partial charge in [0.05, 0.1) is 18.5 Å². The highest BCUT2D eigenvalue weighted by Gasteiger charge is 2.10. The Bertz CT molecular complexity index is 666. The molecule has 2 rings (SSSR count). The lowest BCUT2D eigenvalue weighted by atomic mass is 9.98. The first-order chi connectivity index (χ1) is 11.0. The Morgan fingerprint density at radius 3 is 2.65 bits per heavy atom. The summed E-state index contributed by atoms with van der Waals surface area (Å²) in [5.74, 6) is 1.15. The lowest BCUT2D eigenvalue weighted by Gasteiger charge is -2.17. The third kappa shape index (κ3) is 4.45. The van der Waals surface area contributed by atoms with E-state index in [1.54, 1.807) is 19.2 Å². The standard InChI is InChI=1S/C18H23N3O2/c1-5-23-18(22)20-14-9-10-16(19-11-14)21-17-13(4)7-6-8-15(17)12(2)3/h6-12H,5H2,1-4H3,(H,19,21)(H,20,22). The molecule has 23 heavy (non-hydrogen) atoms. The Morgan fingerprint density at radius 1 is 1.26 bits per heavy atom. The Hall–Kier alpha value is -2.56. The van der Waals surface area contributed by atoms with E-state index in [-0.39, 0.29) is 0 Å². The van der Waals surface area contributed by atoms with Gasteiger partial charge in [-0.2, -0.15) is 0 Å². The maximum absolute atomic E-state index is 11.4. The third-order valence-corrected chi connectivity index (χ3v) is 3.47. The normalized spacial score (nSPS) is 10.5. The predicted octanol–water partition coefficient (Wildman–Crippen LogP) is 4.83. The molecule has 1 aromatic carbocycles. The number of hydrogen-bond donors (Lipinski definition) is 2. The fourth-order valence-corrected chi connectivity index (χ4v) is 2.30. The van der Waals surface area contributed by atoms with Gasteiger partial charge in [-0.25, -0.2) is 9.78 Å².